The van der Waals surface area contributed by atoms with Crippen LogP contribution in [0.15, 0.2) is 0 Å². The number of cyclic esters (lactones) is 1. The number of aromatic nitrogens is 1. The molecule has 2 aliphatic rings. The summed E-state index contributed by atoms with van der Waals surface area (Å²) in [6.07, 6.45) is 0.127. The summed E-state index contributed by atoms with van der Waals surface area (Å²) >= 11 is 1.33. The van der Waals surface area contributed by atoms with E-state index in [2.05, 4.69) is 20.5 Å². The molecule has 2 N–H and O–H groups in total. The average Bonchev–Trinajstić information content (AvgIpc) is 3.10. The van der Waals surface area contributed by atoms with Crippen molar-refractivity contribution in [1.82, 2.24) is 20.5 Å². The van der Waals surface area contributed by atoms with Gasteiger partial charge in [-0.15, -0.1) is 11.3 Å². The third-order valence-electron chi connectivity index (χ3n) is 4.17. The van der Waals surface area contributed by atoms with Crippen LogP contribution in [0.4, 0.5) is 4.79 Å². The first-order valence-corrected chi connectivity index (χ1v) is 9.58. The Morgan fingerprint density at radius 3 is 2.78 bits per heavy atom. The number of amides is 2. The number of alkyl carbamates (subject to hydrolysis) is 1. The molecule has 1 saturated heterocycles. The molecule has 0 bridgehead atoms. The van der Waals surface area contributed by atoms with Crippen LogP contribution in [-0.4, -0.2) is 65.7 Å². The zero-order chi connectivity index (χ0) is 19.8. The molecule has 1 fully saturated rings. The van der Waals surface area contributed by atoms with Gasteiger partial charge in [-0.3, -0.25) is 4.79 Å². The van der Waals surface area contributed by atoms with Gasteiger partial charge in [-0.25, -0.2) is 14.6 Å². The minimum absolute atomic E-state index is 0.0256. The topological polar surface area (TPSA) is 110 Å². The van der Waals surface area contributed by atoms with Crippen molar-refractivity contribution in [3.8, 4) is 0 Å². The predicted octanol–water partition coefficient (Wildman–Crippen LogP) is 0.680. The molecular weight excluding hydrogens is 372 g/mol. The van der Waals surface area contributed by atoms with Crippen LogP contribution in [0, 0.1) is 0 Å². The molecular formula is C17H24N4O5S. The summed E-state index contributed by atoms with van der Waals surface area (Å²) in [6, 6.07) is -1.68. The summed E-state index contributed by atoms with van der Waals surface area (Å²) < 4.78 is 10.2. The summed E-state index contributed by atoms with van der Waals surface area (Å²) in [5.41, 5.74) is 0.264. The number of hydrogen-bond acceptors (Lipinski definition) is 8. The van der Waals surface area contributed by atoms with Crippen molar-refractivity contribution in [1.29, 1.82) is 0 Å². The highest BCUT2D eigenvalue weighted by atomic mass is 32.1. The van der Waals surface area contributed by atoms with E-state index >= 15 is 0 Å². The van der Waals surface area contributed by atoms with Gasteiger partial charge in [0.1, 0.15) is 12.2 Å². The van der Waals surface area contributed by atoms with Crippen molar-refractivity contribution in [2.45, 2.75) is 51.4 Å². The molecule has 0 unspecified atom stereocenters. The highest BCUT2D eigenvalue weighted by Gasteiger charge is 2.40. The zero-order valence-corrected chi connectivity index (χ0v) is 16.6. The van der Waals surface area contributed by atoms with Gasteiger partial charge in [-0.2, -0.15) is 0 Å². The van der Waals surface area contributed by atoms with Gasteiger partial charge < -0.3 is 25.0 Å². The number of ether oxygens (including phenoxy) is 2. The van der Waals surface area contributed by atoms with Crippen molar-refractivity contribution >= 4 is 29.3 Å². The molecule has 148 valence electrons. The second-order valence-electron chi connectivity index (χ2n) is 7.71. The Bertz CT molecular complexity index is 757. The Hall–Kier alpha value is -2.20. The van der Waals surface area contributed by atoms with Crippen LogP contribution < -0.4 is 10.6 Å². The Morgan fingerprint density at radius 2 is 2.07 bits per heavy atom. The largest absolute Gasteiger partial charge is 0.462 e. The Balaban J connectivity index is 1.65. The van der Waals surface area contributed by atoms with Gasteiger partial charge in [0.05, 0.1) is 11.7 Å². The van der Waals surface area contributed by atoms with E-state index in [1.54, 1.807) is 20.8 Å². The van der Waals surface area contributed by atoms with E-state index in [1.807, 2.05) is 7.05 Å². The Morgan fingerprint density at radius 1 is 1.33 bits per heavy atom. The molecule has 0 aliphatic carbocycles. The summed E-state index contributed by atoms with van der Waals surface area (Å²) in [4.78, 5) is 44.2. The molecule has 0 spiro atoms. The smallest absolute Gasteiger partial charge is 0.408 e. The number of carbonyl (C=O) groups excluding carboxylic acids is 3. The minimum Gasteiger partial charge on any atom is -0.462 e. The van der Waals surface area contributed by atoms with Gasteiger partial charge in [0.2, 0.25) is 0 Å². The van der Waals surface area contributed by atoms with Gasteiger partial charge in [0.15, 0.2) is 11.0 Å². The molecule has 10 heteroatoms. The highest BCUT2D eigenvalue weighted by Crippen LogP contribution is 2.24. The van der Waals surface area contributed by atoms with Crippen LogP contribution in [0.3, 0.4) is 0 Å². The molecule has 2 amide bonds. The molecule has 2 aliphatic heterocycles. The molecule has 0 saturated carbocycles. The van der Waals surface area contributed by atoms with Crippen molar-refractivity contribution in [3.05, 3.63) is 15.6 Å². The van der Waals surface area contributed by atoms with E-state index < -0.39 is 35.7 Å². The van der Waals surface area contributed by atoms with Crippen molar-refractivity contribution in [2.75, 3.05) is 20.2 Å². The van der Waals surface area contributed by atoms with Crippen LogP contribution >= 0.6 is 11.3 Å². The van der Waals surface area contributed by atoms with Crippen LogP contribution in [0.5, 0.6) is 0 Å². The number of fused-ring (bicyclic) bond motifs is 1. The highest BCUT2D eigenvalue weighted by molar-refractivity contribution is 7.13. The first-order chi connectivity index (χ1) is 12.6. The molecule has 3 heterocycles. The van der Waals surface area contributed by atoms with Gasteiger partial charge >= 0.3 is 12.1 Å². The minimum atomic E-state index is -0.978. The summed E-state index contributed by atoms with van der Waals surface area (Å²) in [6.45, 7) is 6.85. The Labute approximate surface area is 161 Å². The molecule has 1 aromatic rings. The number of rotatable bonds is 3. The second-order valence-corrected chi connectivity index (χ2v) is 8.79. The third-order valence-corrected chi connectivity index (χ3v) is 5.25. The molecule has 0 radical (unpaired) electrons. The lowest BCUT2D eigenvalue weighted by molar-refractivity contribution is -0.139. The standard InChI is InChI=1S/C17H24N4O5S/c1-17(2,3)26-16(24)19-10-8-25-15(23)12(10)20-13(22)14-18-9-5-6-21(4)7-11(9)27-14/h10,12H,5-8H2,1-4H3,(H,19,24)(H,20,22)/t10-,12+/m1/s1. The molecule has 3 rings (SSSR count). The van der Waals surface area contributed by atoms with Crippen LogP contribution in [0.25, 0.3) is 0 Å². The number of thiazole rings is 1. The molecule has 0 aromatic carbocycles. The molecule has 27 heavy (non-hydrogen) atoms. The first-order valence-electron chi connectivity index (χ1n) is 8.76. The van der Waals surface area contributed by atoms with Gasteiger partial charge in [0, 0.05) is 24.4 Å². The maximum Gasteiger partial charge on any atom is 0.408 e. The van der Waals surface area contributed by atoms with E-state index in [9.17, 15) is 14.4 Å². The molecule has 2 atom stereocenters. The fourth-order valence-corrected chi connectivity index (χ4v) is 3.98. The van der Waals surface area contributed by atoms with Crippen molar-refractivity contribution in [2.24, 2.45) is 0 Å². The van der Waals surface area contributed by atoms with E-state index in [0.29, 0.717) is 5.01 Å². The van der Waals surface area contributed by atoms with E-state index in [0.717, 1.165) is 30.1 Å². The van der Waals surface area contributed by atoms with E-state index in [-0.39, 0.29) is 6.61 Å². The second kappa shape index (κ2) is 7.43. The number of nitrogens with one attached hydrogen (secondary N) is 2. The van der Waals surface area contributed by atoms with Crippen LogP contribution in [-0.2, 0) is 27.2 Å². The molecule has 1 aromatic heterocycles. The molecule has 9 nitrogen and oxygen atoms in total. The summed E-state index contributed by atoms with van der Waals surface area (Å²) in [5, 5.41) is 5.53. The predicted molar refractivity (Wildman–Crippen MR) is 97.5 cm³/mol. The summed E-state index contributed by atoms with van der Waals surface area (Å²) in [5.74, 6) is -1.04. The van der Waals surface area contributed by atoms with Crippen molar-refractivity contribution < 1.29 is 23.9 Å². The summed E-state index contributed by atoms with van der Waals surface area (Å²) in [7, 11) is 2.02. The lowest BCUT2D eigenvalue weighted by Gasteiger charge is -2.23. The SMILES string of the molecule is CN1CCc2nc(C(=O)N[C@@H]3C(=O)OC[C@H]3NC(=O)OC(C)(C)C)sc2C1. The Kier molecular flexibility index (Phi) is 5.38. The van der Waals surface area contributed by atoms with E-state index in [1.165, 1.54) is 11.3 Å². The normalized spacial score (nSPS) is 22.7. The number of esters is 1. The number of likely N-dealkylation sites (N-methyl/N-ethyl adjacent to an activating group) is 1. The van der Waals surface area contributed by atoms with Gasteiger partial charge in [0.25, 0.3) is 5.91 Å². The monoisotopic (exact) mass is 396 g/mol. The van der Waals surface area contributed by atoms with Crippen LogP contribution in [0.2, 0.25) is 0 Å². The fourth-order valence-electron chi connectivity index (χ4n) is 2.89. The fraction of sp³-hybridized carbons (Fsp3) is 0.647. The number of hydrogen-bond donors (Lipinski definition) is 2. The van der Waals surface area contributed by atoms with Gasteiger partial charge in [-0.05, 0) is 27.8 Å². The van der Waals surface area contributed by atoms with Gasteiger partial charge in [-0.1, -0.05) is 0 Å². The quantitative estimate of drug-likeness (QED) is 0.723. The zero-order valence-electron chi connectivity index (χ0n) is 15.8. The maximum absolute atomic E-state index is 12.6. The third kappa shape index (κ3) is 4.75. The van der Waals surface area contributed by atoms with Crippen LogP contribution in [0.1, 0.15) is 41.1 Å². The average molecular weight is 396 g/mol. The maximum atomic E-state index is 12.6. The lowest BCUT2D eigenvalue weighted by Crippen LogP contribution is -2.53. The van der Waals surface area contributed by atoms with E-state index in [4.69, 9.17) is 9.47 Å². The number of nitrogens with zero attached hydrogens (tertiary/aromatic N) is 2. The lowest BCUT2D eigenvalue weighted by atomic mass is 10.1. The number of carbonyl (C=O) groups is 3. The van der Waals surface area contributed by atoms with Crippen molar-refractivity contribution in [3.63, 3.8) is 0 Å². The first kappa shape index (κ1) is 19.6.